The molecular weight excluding hydrogens is 360 g/mol. The number of carbonyl (C=O) groups is 4. The molecule has 6 nitrogen and oxygen atoms in total. The minimum absolute atomic E-state index is 0.103. The molecule has 0 bridgehead atoms. The molecule has 0 amide bonds. The molecule has 0 spiro atoms. The van der Waals surface area contributed by atoms with E-state index in [0.29, 0.717) is 0 Å². The maximum absolute atomic E-state index is 11.0. The number of carboxylic acids is 2. The van der Waals surface area contributed by atoms with Crippen LogP contribution in [0.1, 0.15) is 48.6 Å². The van der Waals surface area contributed by atoms with E-state index >= 15 is 0 Å². The van der Waals surface area contributed by atoms with Crippen molar-refractivity contribution in [2.75, 3.05) is 0 Å². The Kier molecular flexibility index (Phi) is 7.63. The van der Waals surface area contributed by atoms with Crippen LogP contribution in [0, 0.1) is 0 Å². The second-order valence-electron chi connectivity index (χ2n) is 6.64. The van der Waals surface area contributed by atoms with Gasteiger partial charge in [0.15, 0.2) is 0 Å². The standard InChI is InChI=1S/C22H22O6/c23-11-9-19(13-21(25)26)17-5-1-15(2-6-17)16-3-7-18(8-4-16)20(10-12-24)14-22(27)28/h1-8,11-12,19-20H,9-10,13-14H2,(H,25,26)(H,27,28). The smallest absolute Gasteiger partial charge is 0.303 e. The highest BCUT2D eigenvalue weighted by molar-refractivity contribution is 5.71. The molecule has 0 aliphatic carbocycles. The number of aliphatic carboxylic acids is 2. The predicted molar refractivity (Wildman–Crippen MR) is 103 cm³/mol. The molecule has 0 heterocycles. The first-order valence-corrected chi connectivity index (χ1v) is 8.95. The summed E-state index contributed by atoms with van der Waals surface area (Å²) >= 11 is 0. The summed E-state index contributed by atoms with van der Waals surface area (Å²) in [7, 11) is 0. The number of carboxylic acid groups (broad SMARTS) is 2. The fourth-order valence-corrected chi connectivity index (χ4v) is 3.22. The van der Waals surface area contributed by atoms with Gasteiger partial charge >= 0.3 is 11.9 Å². The van der Waals surface area contributed by atoms with Crippen molar-refractivity contribution in [2.45, 2.75) is 37.5 Å². The van der Waals surface area contributed by atoms with E-state index in [9.17, 15) is 19.2 Å². The third kappa shape index (κ3) is 5.87. The lowest BCUT2D eigenvalue weighted by Gasteiger charge is -2.14. The van der Waals surface area contributed by atoms with Crippen LogP contribution in [0.4, 0.5) is 0 Å². The van der Waals surface area contributed by atoms with E-state index in [0.717, 1.165) is 34.8 Å². The van der Waals surface area contributed by atoms with Crippen molar-refractivity contribution < 1.29 is 29.4 Å². The third-order valence-electron chi connectivity index (χ3n) is 4.70. The molecular formula is C22H22O6. The fraction of sp³-hybridized carbons (Fsp3) is 0.273. The van der Waals surface area contributed by atoms with Crippen LogP contribution in [0.3, 0.4) is 0 Å². The number of benzene rings is 2. The Morgan fingerprint density at radius 3 is 1.25 bits per heavy atom. The summed E-state index contributed by atoms with van der Waals surface area (Å²) in [5, 5.41) is 18.0. The van der Waals surface area contributed by atoms with Gasteiger partial charge in [-0.2, -0.15) is 0 Å². The molecule has 6 heteroatoms. The summed E-state index contributed by atoms with van der Waals surface area (Å²) in [6, 6.07) is 14.7. The van der Waals surface area contributed by atoms with Gasteiger partial charge < -0.3 is 19.8 Å². The summed E-state index contributed by atoms with van der Waals surface area (Å²) in [5.41, 5.74) is 3.42. The Hall–Kier alpha value is -3.28. The van der Waals surface area contributed by atoms with Gasteiger partial charge in [0.25, 0.3) is 0 Å². The van der Waals surface area contributed by atoms with Gasteiger partial charge in [0.1, 0.15) is 12.6 Å². The SMILES string of the molecule is O=CCC(CC(=O)O)c1ccc(-c2ccc(C(CC=O)CC(=O)O)cc2)cc1. The van der Waals surface area contributed by atoms with Gasteiger partial charge in [-0.15, -0.1) is 0 Å². The van der Waals surface area contributed by atoms with Crippen LogP contribution in [-0.2, 0) is 19.2 Å². The second-order valence-corrected chi connectivity index (χ2v) is 6.64. The zero-order valence-corrected chi connectivity index (χ0v) is 15.3. The lowest BCUT2D eigenvalue weighted by molar-refractivity contribution is -0.138. The van der Waals surface area contributed by atoms with E-state index in [1.165, 1.54) is 0 Å². The first-order valence-electron chi connectivity index (χ1n) is 8.95. The van der Waals surface area contributed by atoms with Crippen molar-refractivity contribution in [3.05, 3.63) is 59.7 Å². The quantitative estimate of drug-likeness (QED) is 0.574. The molecule has 0 radical (unpaired) electrons. The van der Waals surface area contributed by atoms with Gasteiger partial charge in [-0.1, -0.05) is 48.5 Å². The van der Waals surface area contributed by atoms with Crippen molar-refractivity contribution in [3.8, 4) is 11.1 Å². The van der Waals surface area contributed by atoms with Crippen molar-refractivity contribution in [1.29, 1.82) is 0 Å². The molecule has 146 valence electrons. The lowest BCUT2D eigenvalue weighted by Crippen LogP contribution is -2.07. The highest BCUT2D eigenvalue weighted by Gasteiger charge is 2.17. The molecule has 2 unspecified atom stereocenters. The third-order valence-corrected chi connectivity index (χ3v) is 4.70. The van der Waals surface area contributed by atoms with Crippen molar-refractivity contribution in [1.82, 2.24) is 0 Å². The van der Waals surface area contributed by atoms with Gasteiger partial charge in [-0.3, -0.25) is 9.59 Å². The largest absolute Gasteiger partial charge is 0.481 e. The number of hydrogen-bond donors (Lipinski definition) is 2. The molecule has 2 atom stereocenters. The summed E-state index contributed by atoms with van der Waals surface area (Å²) in [4.78, 5) is 43.6. The summed E-state index contributed by atoms with van der Waals surface area (Å²) in [6.07, 6.45) is 1.56. The van der Waals surface area contributed by atoms with Crippen molar-refractivity contribution >= 4 is 24.5 Å². The molecule has 2 N–H and O–H groups in total. The van der Waals surface area contributed by atoms with Crippen LogP contribution >= 0.6 is 0 Å². The number of aldehydes is 2. The van der Waals surface area contributed by atoms with Crippen molar-refractivity contribution in [3.63, 3.8) is 0 Å². The predicted octanol–water partition coefficient (Wildman–Crippen LogP) is 3.65. The second kappa shape index (κ2) is 10.2. The maximum atomic E-state index is 11.0. The summed E-state index contributed by atoms with van der Waals surface area (Å²) in [5.74, 6) is -2.60. The Balaban J connectivity index is 2.19. The molecule has 0 aliphatic rings. The number of hydrogen-bond acceptors (Lipinski definition) is 4. The van der Waals surface area contributed by atoms with Crippen molar-refractivity contribution in [2.24, 2.45) is 0 Å². The Morgan fingerprint density at radius 2 is 1.00 bits per heavy atom. The van der Waals surface area contributed by atoms with E-state index < -0.39 is 11.9 Å². The normalized spacial score (nSPS) is 12.7. The zero-order valence-electron chi connectivity index (χ0n) is 15.3. The van der Waals surface area contributed by atoms with Crippen LogP contribution in [0.2, 0.25) is 0 Å². The molecule has 0 fully saturated rings. The van der Waals surface area contributed by atoms with Crippen LogP contribution in [0.5, 0.6) is 0 Å². The Labute approximate surface area is 162 Å². The maximum Gasteiger partial charge on any atom is 0.303 e. The number of carbonyl (C=O) groups excluding carboxylic acids is 2. The number of rotatable bonds is 11. The summed E-state index contributed by atoms with van der Waals surface area (Å²) < 4.78 is 0. The van der Waals surface area contributed by atoms with Gasteiger partial charge in [0.05, 0.1) is 12.8 Å². The Bertz CT molecular complexity index is 752. The van der Waals surface area contributed by atoms with Crippen LogP contribution in [-0.4, -0.2) is 34.7 Å². The topological polar surface area (TPSA) is 109 Å². The molecule has 2 rings (SSSR count). The van der Waals surface area contributed by atoms with E-state index in [1.54, 1.807) is 0 Å². The van der Waals surface area contributed by atoms with Crippen LogP contribution in [0.15, 0.2) is 48.5 Å². The van der Waals surface area contributed by atoms with Gasteiger partial charge in [-0.25, -0.2) is 0 Å². The van der Waals surface area contributed by atoms with E-state index in [-0.39, 0.29) is 37.5 Å². The van der Waals surface area contributed by atoms with E-state index in [1.807, 2.05) is 48.5 Å². The van der Waals surface area contributed by atoms with Gasteiger partial charge in [0, 0.05) is 24.7 Å². The van der Waals surface area contributed by atoms with Crippen LogP contribution < -0.4 is 0 Å². The molecule has 0 aliphatic heterocycles. The molecule has 2 aromatic carbocycles. The summed E-state index contributed by atoms with van der Waals surface area (Å²) in [6.45, 7) is 0. The van der Waals surface area contributed by atoms with E-state index in [2.05, 4.69) is 0 Å². The first-order chi connectivity index (χ1) is 13.4. The highest BCUT2D eigenvalue weighted by Crippen LogP contribution is 2.29. The van der Waals surface area contributed by atoms with Gasteiger partial charge in [-0.05, 0) is 22.3 Å². The Morgan fingerprint density at radius 1 is 0.679 bits per heavy atom. The van der Waals surface area contributed by atoms with E-state index in [4.69, 9.17) is 10.2 Å². The lowest BCUT2D eigenvalue weighted by atomic mass is 9.90. The molecule has 0 aromatic heterocycles. The molecule has 0 saturated carbocycles. The van der Waals surface area contributed by atoms with Gasteiger partial charge in [0.2, 0.25) is 0 Å². The molecule has 2 aromatic rings. The molecule has 28 heavy (non-hydrogen) atoms. The monoisotopic (exact) mass is 382 g/mol. The fourth-order valence-electron chi connectivity index (χ4n) is 3.22. The zero-order chi connectivity index (χ0) is 20.5. The minimum Gasteiger partial charge on any atom is -0.481 e. The average Bonchev–Trinajstić information content (AvgIpc) is 2.67. The average molecular weight is 382 g/mol. The highest BCUT2D eigenvalue weighted by atomic mass is 16.4. The van der Waals surface area contributed by atoms with Crippen LogP contribution in [0.25, 0.3) is 11.1 Å². The first kappa shape index (κ1) is 21.0. The minimum atomic E-state index is -0.947. The molecule has 0 saturated heterocycles.